The van der Waals surface area contributed by atoms with Crippen molar-refractivity contribution >= 4 is 49.4 Å². The number of carboxylic acid groups (broad SMARTS) is 1. The van der Waals surface area contributed by atoms with E-state index in [-0.39, 0.29) is 17.2 Å². The number of aromatic carboxylic acids is 1. The van der Waals surface area contributed by atoms with Crippen LogP contribution in [0.5, 0.6) is 0 Å². The molecule has 6 heteroatoms. The van der Waals surface area contributed by atoms with Crippen LogP contribution < -0.4 is 5.32 Å². The highest BCUT2D eigenvalue weighted by Gasteiger charge is 2.18. The van der Waals surface area contributed by atoms with Crippen molar-refractivity contribution in [3.63, 3.8) is 0 Å². The molecule has 108 valence electrons. The van der Waals surface area contributed by atoms with Gasteiger partial charge in [-0.05, 0) is 46.6 Å². The highest BCUT2D eigenvalue weighted by Crippen LogP contribution is 2.31. The van der Waals surface area contributed by atoms with E-state index in [1.54, 1.807) is 18.2 Å². The van der Waals surface area contributed by atoms with Gasteiger partial charge in [0.05, 0.1) is 11.3 Å². The van der Waals surface area contributed by atoms with Crippen LogP contribution in [-0.2, 0) is 0 Å². The third-order valence-electron chi connectivity index (χ3n) is 2.91. The summed E-state index contributed by atoms with van der Waals surface area (Å²) in [4.78, 5) is 23.6. The molecule has 2 N–H and O–H groups in total. The van der Waals surface area contributed by atoms with Crippen LogP contribution >= 0.6 is 31.9 Å². The molecule has 0 fully saturated rings. The van der Waals surface area contributed by atoms with Crippen molar-refractivity contribution in [3.8, 4) is 0 Å². The van der Waals surface area contributed by atoms with Crippen molar-refractivity contribution in [1.82, 2.24) is 0 Å². The smallest absolute Gasteiger partial charge is 0.337 e. The lowest BCUT2D eigenvalue weighted by Gasteiger charge is -2.12. The Hall–Kier alpha value is -1.66. The number of halogens is 2. The molecule has 0 radical (unpaired) electrons. The Balaban J connectivity index is 2.42. The normalized spacial score (nSPS) is 10.2. The summed E-state index contributed by atoms with van der Waals surface area (Å²) < 4.78 is 1.11. The maximum atomic E-state index is 12.3. The van der Waals surface area contributed by atoms with Crippen LogP contribution in [0.4, 0.5) is 5.69 Å². The summed E-state index contributed by atoms with van der Waals surface area (Å²) in [6.07, 6.45) is 0. The van der Waals surface area contributed by atoms with E-state index < -0.39 is 5.97 Å². The van der Waals surface area contributed by atoms with Crippen LogP contribution in [0.3, 0.4) is 0 Å². The van der Waals surface area contributed by atoms with Crippen molar-refractivity contribution in [2.75, 3.05) is 5.32 Å². The lowest BCUT2D eigenvalue weighted by atomic mass is 10.1. The van der Waals surface area contributed by atoms with Gasteiger partial charge in [-0.3, -0.25) is 4.79 Å². The Bertz CT molecular complexity index is 729. The first-order valence-electron chi connectivity index (χ1n) is 5.99. The Labute approximate surface area is 138 Å². The molecule has 2 aromatic rings. The van der Waals surface area contributed by atoms with Crippen LogP contribution in [0.2, 0.25) is 0 Å². The molecule has 0 atom stereocenters. The number of anilines is 1. The predicted octanol–water partition coefficient (Wildman–Crippen LogP) is 4.47. The molecule has 0 aliphatic carbocycles. The van der Waals surface area contributed by atoms with Crippen LogP contribution in [0.25, 0.3) is 0 Å². The third-order valence-corrected chi connectivity index (χ3v) is 4.00. The number of carboxylic acids is 1. The number of rotatable bonds is 3. The summed E-state index contributed by atoms with van der Waals surface area (Å²) in [7, 11) is 0. The highest BCUT2D eigenvalue weighted by atomic mass is 79.9. The molecule has 0 aliphatic rings. The fourth-order valence-electron chi connectivity index (χ4n) is 1.88. The van der Waals surface area contributed by atoms with Crippen LogP contribution in [-0.4, -0.2) is 17.0 Å². The number of carbonyl (C=O) groups excluding carboxylic acids is 1. The van der Waals surface area contributed by atoms with Crippen molar-refractivity contribution in [2.45, 2.75) is 6.92 Å². The first-order chi connectivity index (χ1) is 9.90. The largest absolute Gasteiger partial charge is 0.478 e. The topological polar surface area (TPSA) is 66.4 Å². The summed E-state index contributed by atoms with van der Waals surface area (Å²) in [6.45, 7) is 1.82. The van der Waals surface area contributed by atoms with Crippen LogP contribution in [0.1, 0.15) is 26.3 Å². The molecule has 2 aromatic carbocycles. The van der Waals surface area contributed by atoms with Gasteiger partial charge in [0.2, 0.25) is 0 Å². The van der Waals surface area contributed by atoms with Gasteiger partial charge in [-0.15, -0.1) is 0 Å². The van der Waals surface area contributed by atoms with Crippen LogP contribution in [0.15, 0.2) is 45.3 Å². The summed E-state index contributed by atoms with van der Waals surface area (Å²) in [5.41, 5.74) is 1.57. The average Bonchev–Trinajstić information content (AvgIpc) is 2.41. The second-order valence-corrected chi connectivity index (χ2v) is 6.15. The summed E-state index contributed by atoms with van der Waals surface area (Å²) in [5, 5.41) is 11.9. The summed E-state index contributed by atoms with van der Waals surface area (Å²) in [6, 6.07) is 10.2. The molecule has 4 nitrogen and oxygen atoms in total. The number of benzene rings is 2. The third kappa shape index (κ3) is 3.51. The molecule has 0 aromatic heterocycles. The van der Waals surface area contributed by atoms with E-state index in [0.717, 1.165) is 5.56 Å². The Morgan fingerprint density at radius 2 is 1.76 bits per heavy atom. The maximum absolute atomic E-state index is 12.3. The number of carbonyl (C=O) groups is 2. The molecule has 0 saturated carbocycles. The van der Waals surface area contributed by atoms with E-state index in [1.165, 1.54) is 6.07 Å². The minimum absolute atomic E-state index is 0.0122. The SMILES string of the molecule is Cc1ccccc1C(=O)Nc1c(Br)cc(Br)cc1C(=O)O. The maximum Gasteiger partial charge on any atom is 0.337 e. The second kappa shape index (κ2) is 6.41. The number of amides is 1. The highest BCUT2D eigenvalue weighted by molar-refractivity contribution is 9.11. The first kappa shape index (κ1) is 15.7. The Morgan fingerprint density at radius 3 is 2.38 bits per heavy atom. The number of hydrogen-bond donors (Lipinski definition) is 2. The summed E-state index contributed by atoms with van der Waals surface area (Å²) in [5.74, 6) is -1.46. The minimum Gasteiger partial charge on any atom is -0.478 e. The van der Waals surface area contributed by atoms with Gasteiger partial charge in [-0.25, -0.2) is 4.79 Å². The van der Waals surface area contributed by atoms with Gasteiger partial charge in [-0.2, -0.15) is 0 Å². The standard InChI is InChI=1S/C15H11Br2NO3/c1-8-4-2-3-5-10(8)14(19)18-13-11(15(20)21)6-9(16)7-12(13)17/h2-7H,1H3,(H,18,19)(H,20,21). The number of aryl methyl sites for hydroxylation is 1. The van der Waals surface area contributed by atoms with Gasteiger partial charge in [-0.1, -0.05) is 34.1 Å². The predicted molar refractivity (Wildman–Crippen MR) is 87.9 cm³/mol. The molecule has 21 heavy (non-hydrogen) atoms. The van der Waals surface area contributed by atoms with E-state index in [0.29, 0.717) is 14.5 Å². The molecule has 0 bridgehead atoms. The molecular formula is C15H11Br2NO3. The molecule has 0 heterocycles. The number of nitrogens with one attached hydrogen (secondary N) is 1. The molecular weight excluding hydrogens is 402 g/mol. The van der Waals surface area contributed by atoms with E-state index in [1.807, 2.05) is 19.1 Å². The van der Waals surface area contributed by atoms with Crippen molar-refractivity contribution < 1.29 is 14.7 Å². The zero-order valence-electron chi connectivity index (χ0n) is 11.0. The monoisotopic (exact) mass is 411 g/mol. The lowest BCUT2D eigenvalue weighted by Crippen LogP contribution is -2.16. The van der Waals surface area contributed by atoms with Crippen molar-refractivity contribution in [2.24, 2.45) is 0 Å². The van der Waals surface area contributed by atoms with Gasteiger partial charge in [0.1, 0.15) is 0 Å². The van der Waals surface area contributed by atoms with Gasteiger partial charge in [0.15, 0.2) is 0 Å². The van der Waals surface area contributed by atoms with Gasteiger partial charge >= 0.3 is 5.97 Å². The summed E-state index contributed by atoms with van der Waals surface area (Å²) >= 11 is 6.51. The van der Waals surface area contributed by atoms with E-state index >= 15 is 0 Å². The quantitative estimate of drug-likeness (QED) is 0.781. The lowest BCUT2D eigenvalue weighted by molar-refractivity contribution is 0.0698. The zero-order valence-corrected chi connectivity index (χ0v) is 14.2. The van der Waals surface area contributed by atoms with Gasteiger partial charge < -0.3 is 10.4 Å². The fraction of sp³-hybridized carbons (Fsp3) is 0.0667. The van der Waals surface area contributed by atoms with E-state index in [2.05, 4.69) is 37.2 Å². The average molecular weight is 413 g/mol. The van der Waals surface area contributed by atoms with Crippen LogP contribution in [0, 0.1) is 6.92 Å². The molecule has 2 rings (SSSR count). The first-order valence-corrected chi connectivity index (χ1v) is 7.58. The zero-order chi connectivity index (χ0) is 15.6. The van der Waals surface area contributed by atoms with Crippen molar-refractivity contribution in [1.29, 1.82) is 0 Å². The Kier molecular flexibility index (Phi) is 4.80. The second-order valence-electron chi connectivity index (χ2n) is 4.38. The fourth-order valence-corrected chi connectivity index (χ4v) is 3.20. The Morgan fingerprint density at radius 1 is 1.10 bits per heavy atom. The van der Waals surface area contributed by atoms with Gasteiger partial charge in [0.25, 0.3) is 5.91 Å². The minimum atomic E-state index is -1.11. The molecule has 0 unspecified atom stereocenters. The van der Waals surface area contributed by atoms with Crippen molar-refractivity contribution in [3.05, 3.63) is 62.0 Å². The molecule has 0 aliphatic heterocycles. The number of hydrogen-bond acceptors (Lipinski definition) is 2. The molecule has 1 amide bonds. The van der Waals surface area contributed by atoms with Gasteiger partial charge in [0, 0.05) is 14.5 Å². The van der Waals surface area contributed by atoms with E-state index in [9.17, 15) is 14.7 Å². The molecule has 0 saturated heterocycles. The molecule has 0 spiro atoms. The van der Waals surface area contributed by atoms with E-state index in [4.69, 9.17) is 0 Å².